The molecule has 0 rings (SSSR count). The van der Waals surface area contributed by atoms with E-state index in [0.29, 0.717) is 0 Å². The summed E-state index contributed by atoms with van der Waals surface area (Å²) in [5, 5.41) is 8.48. The molecule has 0 unspecified atom stereocenters. The van der Waals surface area contributed by atoms with Crippen molar-refractivity contribution in [2.45, 2.75) is 19.9 Å². The molecule has 3 nitrogen and oxygen atoms in total. The molecule has 0 bridgehead atoms. The van der Waals surface area contributed by atoms with Gasteiger partial charge in [0.25, 0.3) is 0 Å². The van der Waals surface area contributed by atoms with Gasteiger partial charge >= 0.3 is 0 Å². The molecule has 1 atom stereocenters. The van der Waals surface area contributed by atoms with Crippen molar-refractivity contribution in [3.8, 4) is 0 Å². The lowest BCUT2D eigenvalue weighted by Crippen LogP contribution is -2.36. The summed E-state index contributed by atoms with van der Waals surface area (Å²) in [4.78, 5) is 10.9. The standard InChI is InChI=1S/C6H13NO2/c1-4(2)6(9)5(7)3-8/h4-5,8H,3,7H2,1-2H3/t5-/m1/s1/i5D. The minimum atomic E-state index is -1.81. The number of ketones is 1. The highest BCUT2D eigenvalue weighted by molar-refractivity contribution is 5.85. The van der Waals surface area contributed by atoms with Gasteiger partial charge in [-0.3, -0.25) is 4.79 Å². The molecule has 0 saturated carbocycles. The van der Waals surface area contributed by atoms with Crippen LogP contribution < -0.4 is 5.73 Å². The van der Waals surface area contributed by atoms with Crippen LogP contribution in [0.3, 0.4) is 0 Å². The number of Topliss-reactive ketones (excluding diaryl/α,β-unsaturated/α-hetero) is 1. The van der Waals surface area contributed by atoms with E-state index in [-0.39, 0.29) is 5.92 Å². The second kappa shape index (κ2) is 3.58. The zero-order valence-electron chi connectivity index (χ0n) is 6.72. The van der Waals surface area contributed by atoms with E-state index in [1.54, 1.807) is 13.8 Å². The SMILES string of the molecule is [2H][C@@](N)(CO)C(=O)C(C)C. The Balaban J connectivity index is 4.19. The predicted octanol–water partition coefficient (Wildman–Crippen LogP) is -0.469. The fourth-order valence-electron chi connectivity index (χ4n) is 0.449. The van der Waals surface area contributed by atoms with Crippen LogP contribution in [-0.4, -0.2) is 23.5 Å². The van der Waals surface area contributed by atoms with Gasteiger partial charge in [-0.05, 0) is 0 Å². The second-order valence-corrected chi connectivity index (χ2v) is 2.20. The molecule has 0 amide bonds. The fraction of sp³-hybridized carbons (Fsp3) is 0.833. The third kappa shape index (κ3) is 2.58. The summed E-state index contributed by atoms with van der Waals surface area (Å²) in [5.41, 5.74) is 5.13. The van der Waals surface area contributed by atoms with Crippen LogP contribution in [0.5, 0.6) is 0 Å². The number of nitrogens with two attached hydrogens (primary N) is 1. The molecule has 0 aromatic heterocycles. The van der Waals surface area contributed by atoms with Crippen molar-refractivity contribution in [1.29, 1.82) is 0 Å². The van der Waals surface area contributed by atoms with Crippen molar-refractivity contribution >= 4 is 5.78 Å². The number of carbonyl (C=O) groups is 1. The van der Waals surface area contributed by atoms with Gasteiger partial charge in [0.15, 0.2) is 5.78 Å². The Kier molecular flexibility index (Phi) is 2.67. The molecule has 0 fully saturated rings. The first kappa shape index (κ1) is 6.71. The van der Waals surface area contributed by atoms with Gasteiger partial charge in [-0.25, -0.2) is 0 Å². The minimum absolute atomic E-state index is 0.297. The molecule has 0 aromatic rings. The van der Waals surface area contributed by atoms with Gasteiger partial charge in [-0.2, -0.15) is 0 Å². The van der Waals surface area contributed by atoms with E-state index < -0.39 is 18.4 Å². The molecule has 0 aliphatic rings. The lowest BCUT2D eigenvalue weighted by molar-refractivity contribution is -0.123. The van der Waals surface area contributed by atoms with Crippen molar-refractivity contribution in [2.24, 2.45) is 11.7 Å². The molecule has 0 spiro atoms. The molecule has 0 radical (unpaired) electrons. The third-order valence-electron chi connectivity index (χ3n) is 1.01. The Hall–Kier alpha value is -0.410. The van der Waals surface area contributed by atoms with Crippen LogP contribution in [0, 0.1) is 5.92 Å². The third-order valence-corrected chi connectivity index (χ3v) is 1.01. The molecule has 0 heterocycles. The summed E-state index contributed by atoms with van der Waals surface area (Å²) in [5.74, 6) is -0.732. The van der Waals surface area contributed by atoms with E-state index >= 15 is 0 Å². The van der Waals surface area contributed by atoms with Crippen molar-refractivity contribution < 1.29 is 11.3 Å². The van der Waals surface area contributed by atoms with Gasteiger partial charge in [0.1, 0.15) is 0 Å². The van der Waals surface area contributed by atoms with Crippen LogP contribution in [0.15, 0.2) is 0 Å². The summed E-state index contributed by atoms with van der Waals surface area (Å²) in [6.45, 7) is 2.67. The summed E-state index contributed by atoms with van der Waals surface area (Å²) in [6, 6.07) is -1.81. The highest BCUT2D eigenvalue weighted by atomic mass is 16.3. The van der Waals surface area contributed by atoms with Crippen LogP contribution in [-0.2, 0) is 4.79 Å². The Morgan fingerprint density at radius 3 is 2.44 bits per heavy atom. The maximum Gasteiger partial charge on any atom is 0.154 e. The lowest BCUT2D eigenvalue weighted by Gasteiger charge is -2.08. The van der Waals surface area contributed by atoms with Gasteiger partial charge in [0.2, 0.25) is 0 Å². The summed E-state index contributed by atoms with van der Waals surface area (Å²) in [6.07, 6.45) is 0. The molecular formula is C6H13NO2. The Morgan fingerprint density at radius 1 is 1.89 bits per heavy atom. The van der Waals surface area contributed by atoms with Gasteiger partial charge in [0, 0.05) is 5.92 Å². The maximum absolute atomic E-state index is 10.9. The maximum atomic E-state index is 10.9. The predicted molar refractivity (Wildman–Crippen MR) is 34.9 cm³/mol. The summed E-state index contributed by atoms with van der Waals surface area (Å²) in [7, 11) is 0. The average Bonchev–Trinajstić information content (AvgIpc) is 1.86. The molecule has 0 aromatic carbocycles. The lowest BCUT2D eigenvalue weighted by atomic mass is 10.0. The first-order valence-corrected chi connectivity index (χ1v) is 2.86. The normalized spacial score (nSPS) is 19.0. The first-order valence-electron chi connectivity index (χ1n) is 3.36. The fourth-order valence-corrected chi connectivity index (χ4v) is 0.449. The van der Waals surface area contributed by atoms with Crippen LogP contribution in [0.1, 0.15) is 15.2 Å². The molecule has 3 heteroatoms. The van der Waals surface area contributed by atoms with E-state index in [1.165, 1.54) is 0 Å². The number of hydrogen-bond acceptors (Lipinski definition) is 3. The van der Waals surface area contributed by atoms with E-state index in [9.17, 15) is 4.79 Å². The second-order valence-electron chi connectivity index (χ2n) is 2.20. The summed E-state index contributed by atoms with van der Waals surface area (Å²) < 4.78 is 7.09. The topological polar surface area (TPSA) is 63.3 Å². The van der Waals surface area contributed by atoms with E-state index in [1.807, 2.05) is 0 Å². The van der Waals surface area contributed by atoms with Crippen molar-refractivity contribution in [3.05, 3.63) is 0 Å². The van der Waals surface area contributed by atoms with Gasteiger partial charge < -0.3 is 10.8 Å². The molecule has 0 aliphatic carbocycles. The number of carbonyl (C=O) groups excluding carboxylic acids is 1. The summed E-state index contributed by atoms with van der Waals surface area (Å²) >= 11 is 0. The number of aliphatic hydroxyl groups excluding tert-OH is 1. The number of rotatable bonds is 3. The minimum Gasteiger partial charge on any atom is -0.394 e. The van der Waals surface area contributed by atoms with Crippen LogP contribution in [0.2, 0.25) is 0 Å². The first-order chi connectivity index (χ1) is 4.41. The molecule has 0 saturated heterocycles. The van der Waals surface area contributed by atoms with Crippen molar-refractivity contribution in [3.63, 3.8) is 0 Å². The molecular weight excluding hydrogens is 118 g/mol. The highest BCUT2D eigenvalue weighted by Gasteiger charge is 2.14. The number of aliphatic hydroxyl groups is 1. The monoisotopic (exact) mass is 132 g/mol. The molecule has 0 aliphatic heterocycles. The van der Waals surface area contributed by atoms with Gasteiger partial charge in [-0.15, -0.1) is 0 Å². The van der Waals surface area contributed by atoms with E-state index in [4.69, 9.17) is 12.2 Å². The van der Waals surface area contributed by atoms with E-state index in [2.05, 4.69) is 0 Å². The van der Waals surface area contributed by atoms with Crippen molar-refractivity contribution in [1.82, 2.24) is 0 Å². The zero-order valence-corrected chi connectivity index (χ0v) is 5.72. The largest absolute Gasteiger partial charge is 0.394 e. The smallest absolute Gasteiger partial charge is 0.154 e. The Bertz CT molecular complexity index is 134. The van der Waals surface area contributed by atoms with Gasteiger partial charge in [-0.1, -0.05) is 13.8 Å². The highest BCUT2D eigenvalue weighted by Crippen LogP contribution is 1.96. The number of hydrogen-bond donors (Lipinski definition) is 2. The van der Waals surface area contributed by atoms with Crippen LogP contribution >= 0.6 is 0 Å². The average molecular weight is 132 g/mol. The molecule has 9 heavy (non-hydrogen) atoms. The Labute approximate surface area is 56.3 Å². The zero-order chi connectivity index (χ0) is 8.36. The van der Waals surface area contributed by atoms with Gasteiger partial charge in [0.05, 0.1) is 14.0 Å². The quantitative estimate of drug-likeness (QED) is 0.545. The molecule has 3 N–H and O–H groups in total. The van der Waals surface area contributed by atoms with Crippen LogP contribution in [0.4, 0.5) is 0 Å². The van der Waals surface area contributed by atoms with Crippen LogP contribution in [0.25, 0.3) is 0 Å². The van der Waals surface area contributed by atoms with E-state index in [0.717, 1.165) is 0 Å². The van der Waals surface area contributed by atoms with Crippen molar-refractivity contribution in [2.75, 3.05) is 6.61 Å². The Morgan fingerprint density at radius 2 is 2.33 bits per heavy atom. The molecule has 54 valence electrons.